The molecule has 0 amide bonds. The minimum Gasteiger partial charge on any atom is -0.384 e. The number of nitrogens with one attached hydrogen (secondary N) is 1. The standard InChI is InChI=1S/C11H12F3N5OS/c1-2-3-19-9(20)17-18-10(19)21-8-5-6(11(12,13)14)4-7(15)16-8/h4-5H,2-3H2,1H3,(H2,15,16)(H,17,20). The number of anilines is 1. The molecule has 0 fully saturated rings. The smallest absolute Gasteiger partial charge is 0.384 e. The first-order valence-electron chi connectivity index (χ1n) is 5.99. The van der Waals surface area contributed by atoms with Crippen LogP contribution in [0.1, 0.15) is 18.9 Å². The third kappa shape index (κ3) is 3.57. The Morgan fingerprint density at radius 2 is 2.14 bits per heavy atom. The maximum atomic E-state index is 12.7. The molecule has 0 aliphatic rings. The van der Waals surface area contributed by atoms with Crippen LogP contribution in [-0.4, -0.2) is 19.7 Å². The van der Waals surface area contributed by atoms with Crippen LogP contribution in [0.15, 0.2) is 27.1 Å². The van der Waals surface area contributed by atoms with Crippen molar-refractivity contribution in [2.24, 2.45) is 0 Å². The van der Waals surface area contributed by atoms with Gasteiger partial charge in [-0.25, -0.2) is 14.9 Å². The zero-order valence-corrected chi connectivity index (χ0v) is 11.8. The van der Waals surface area contributed by atoms with E-state index >= 15 is 0 Å². The van der Waals surface area contributed by atoms with Crippen LogP contribution in [0, 0.1) is 0 Å². The Morgan fingerprint density at radius 1 is 1.43 bits per heavy atom. The molecule has 10 heteroatoms. The van der Waals surface area contributed by atoms with Crippen molar-refractivity contribution in [3.05, 3.63) is 28.2 Å². The number of aromatic nitrogens is 4. The highest BCUT2D eigenvalue weighted by molar-refractivity contribution is 7.99. The fourth-order valence-corrected chi connectivity index (χ4v) is 2.54. The summed E-state index contributed by atoms with van der Waals surface area (Å²) in [4.78, 5) is 15.3. The second-order valence-corrected chi connectivity index (χ2v) is 5.17. The highest BCUT2D eigenvalue weighted by Crippen LogP contribution is 2.33. The largest absolute Gasteiger partial charge is 0.416 e. The van der Waals surface area contributed by atoms with Crippen LogP contribution in [0.25, 0.3) is 0 Å². The molecule has 0 unspecified atom stereocenters. The molecule has 21 heavy (non-hydrogen) atoms. The van der Waals surface area contributed by atoms with Crippen LogP contribution in [0.2, 0.25) is 0 Å². The normalized spacial score (nSPS) is 11.8. The number of hydrogen-bond donors (Lipinski definition) is 2. The average molecular weight is 319 g/mol. The van der Waals surface area contributed by atoms with Gasteiger partial charge in [0, 0.05) is 6.54 Å². The summed E-state index contributed by atoms with van der Waals surface area (Å²) in [5.74, 6) is -0.243. The molecule has 2 heterocycles. The van der Waals surface area contributed by atoms with Crippen molar-refractivity contribution in [1.29, 1.82) is 0 Å². The van der Waals surface area contributed by atoms with E-state index in [1.807, 2.05) is 6.92 Å². The van der Waals surface area contributed by atoms with Gasteiger partial charge in [-0.15, -0.1) is 5.10 Å². The first kappa shape index (κ1) is 15.4. The van der Waals surface area contributed by atoms with Crippen molar-refractivity contribution >= 4 is 17.6 Å². The molecule has 2 aromatic heterocycles. The van der Waals surface area contributed by atoms with Crippen molar-refractivity contribution in [2.75, 3.05) is 5.73 Å². The number of nitrogens with two attached hydrogens (primary N) is 1. The van der Waals surface area contributed by atoms with E-state index < -0.39 is 17.4 Å². The number of halogens is 3. The number of pyridine rings is 1. The molecule has 0 spiro atoms. The first-order valence-corrected chi connectivity index (χ1v) is 6.80. The van der Waals surface area contributed by atoms with Crippen molar-refractivity contribution in [2.45, 2.75) is 36.2 Å². The molecular weight excluding hydrogens is 307 g/mol. The van der Waals surface area contributed by atoms with Gasteiger partial charge in [0.05, 0.1) is 5.56 Å². The Hall–Kier alpha value is -1.97. The molecule has 0 aliphatic carbocycles. The lowest BCUT2D eigenvalue weighted by atomic mass is 10.2. The minimum atomic E-state index is -4.51. The van der Waals surface area contributed by atoms with E-state index in [1.54, 1.807) is 0 Å². The van der Waals surface area contributed by atoms with Gasteiger partial charge in [0.25, 0.3) is 0 Å². The van der Waals surface area contributed by atoms with Gasteiger partial charge < -0.3 is 5.73 Å². The van der Waals surface area contributed by atoms with Crippen molar-refractivity contribution in [1.82, 2.24) is 19.7 Å². The summed E-state index contributed by atoms with van der Waals surface area (Å²) >= 11 is 0.849. The van der Waals surface area contributed by atoms with E-state index in [0.29, 0.717) is 13.0 Å². The molecule has 0 saturated heterocycles. The van der Waals surface area contributed by atoms with Gasteiger partial charge in [-0.3, -0.25) is 4.57 Å². The van der Waals surface area contributed by atoms with Crippen LogP contribution in [0.5, 0.6) is 0 Å². The number of rotatable bonds is 4. The van der Waals surface area contributed by atoms with Crippen LogP contribution in [-0.2, 0) is 12.7 Å². The lowest BCUT2D eigenvalue weighted by Crippen LogP contribution is -2.17. The third-order valence-corrected chi connectivity index (χ3v) is 3.43. The second-order valence-electron chi connectivity index (χ2n) is 4.18. The van der Waals surface area contributed by atoms with Gasteiger partial charge in [0.15, 0.2) is 5.16 Å². The summed E-state index contributed by atoms with van der Waals surface area (Å²) in [6, 6.07) is 1.63. The van der Waals surface area contributed by atoms with Crippen molar-refractivity contribution < 1.29 is 13.2 Å². The van der Waals surface area contributed by atoms with Crippen molar-refractivity contribution in [3.8, 4) is 0 Å². The van der Waals surface area contributed by atoms with E-state index in [1.165, 1.54) is 4.57 Å². The molecule has 0 aromatic carbocycles. The predicted octanol–water partition coefficient (Wildman–Crippen LogP) is 2.13. The van der Waals surface area contributed by atoms with E-state index in [-0.39, 0.29) is 16.0 Å². The molecule has 0 atom stereocenters. The molecule has 6 nitrogen and oxygen atoms in total. The van der Waals surface area contributed by atoms with Gasteiger partial charge in [0.2, 0.25) is 0 Å². The van der Waals surface area contributed by atoms with E-state index in [9.17, 15) is 18.0 Å². The number of hydrogen-bond acceptors (Lipinski definition) is 5. The molecule has 2 rings (SSSR count). The van der Waals surface area contributed by atoms with E-state index in [2.05, 4.69) is 15.2 Å². The predicted molar refractivity (Wildman–Crippen MR) is 70.9 cm³/mol. The van der Waals surface area contributed by atoms with Gasteiger partial charge in [0.1, 0.15) is 10.8 Å². The molecule has 2 aromatic rings. The summed E-state index contributed by atoms with van der Waals surface area (Å²) in [7, 11) is 0. The van der Waals surface area contributed by atoms with Gasteiger partial charge in [-0.1, -0.05) is 6.92 Å². The van der Waals surface area contributed by atoms with Gasteiger partial charge >= 0.3 is 11.9 Å². The summed E-state index contributed by atoms with van der Waals surface area (Å²) in [5, 5.41) is 6.30. The van der Waals surface area contributed by atoms with Crippen LogP contribution >= 0.6 is 11.8 Å². The fraction of sp³-hybridized carbons (Fsp3) is 0.364. The Labute approximate surface area is 121 Å². The number of nitrogens with zero attached hydrogens (tertiary/aromatic N) is 3. The number of alkyl halides is 3. The van der Waals surface area contributed by atoms with E-state index in [0.717, 1.165) is 23.9 Å². The number of H-pyrrole nitrogens is 1. The molecule has 0 aliphatic heterocycles. The molecule has 0 bridgehead atoms. The summed E-state index contributed by atoms with van der Waals surface area (Å²) in [6.07, 6.45) is -3.83. The van der Waals surface area contributed by atoms with Crippen LogP contribution in [0.4, 0.5) is 19.0 Å². The number of nitrogen functional groups attached to an aromatic ring is 1. The lowest BCUT2D eigenvalue weighted by molar-refractivity contribution is -0.137. The fourth-order valence-electron chi connectivity index (χ4n) is 1.64. The Kier molecular flexibility index (Phi) is 4.26. The first-order chi connectivity index (χ1) is 9.81. The molecule has 0 radical (unpaired) electrons. The monoisotopic (exact) mass is 319 g/mol. The summed E-state index contributed by atoms with van der Waals surface area (Å²) in [6.45, 7) is 2.28. The average Bonchev–Trinajstić information content (AvgIpc) is 2.70. The third-order valence-electron chi connectivity index (χ3n) is 2.52. The SMILES string of the molecule is CCCn1c(Sc2cc(C(F)(F)F)cc(N)n2)n[nH]c1=O. The molecule has 3 N–H and O–H groups in total. The lowest BCUT2D eigenvalue weighted by Gasteiger charge is -2.09. The molecule has 0 saturated carbocycles. The van der Waals surface area contributed by atoms with Gasteiger partial charge in [-0.05, 0) is 30.3 Å². The highest BCUT2D eigenvalue weighted by atomic mass is 32.2. The maximum Gasteiger partial charge on any atom is 0.416 e. The number of aromatic amines is 1. The van der Waals surface area contributed by atoms with Gasteiger partial charge in [-0.2, -0.15) is 13.2 Å². The molecular formula is C11H12F3N5OS. The zero-order valence-electron chi connectivity index (χ0n) is 10.9. The Morgan fingerprint density at radius 3 is 2.76 bits per heavy atom. The van der Waals surface area contributed by atoms with Crippen LogP contribution < -0.4 is 11.4 Å². The maximum absolute atomic E-state index is 12.7. The summed E-state index contributed by atoms with van der Waals surface area (Å²) < 4.78 is 39.5. The van der Waals surface area contributed by atoms with E-state index in [4.69, 9.17) is 5.73 Å². The zero-order chi connectivity index (χ0) is 15.6. The second kappa shape index (κ2) is 5.80. The minimum absolute atomic E-state index is 0.0266. The summed E-state index contributed by atoms with van der Waals surface area (Å²) in [5.41, 5.74) is 4.08. The van der Waals surface area contributed by atoms with Crippen molar-refractivity contribution in [3.63, 3.8) is 0 Å². The van der Waals surface area contributed by atoms with Crippen LogP contribution in [0.3, 0.4) is 0 Å². The highest BCUT2D eigenvalue weighted by Gasteiger charge is 2.31. The molecule has 114 valence electrons. The Bertz CT molecular complexity index is 694. The quantitative estimate of drug-likeness (QED) is 0.901. The topological polar surface area (TPSA) is 89.6 Å². The Balaban J connectivity index is 2.36.